The molecule has 8 nitrogen and oxygen atoms in total. The van der Waals surface area contributed by atoms with Crippen LogP contribution in [0.3, 0.4) is 0 Å². The van der Waals surface area contributed by atoms with Crippen molar-refractivity contribution in [3.05, 3.63) is 58.9 Å². The molecule has 1 saturated heterocycles. The van der Waals surface area contributed by atoms with E-state index in [-0.39, 0.29) is 24.2 Å². The van der Waals surface area contributed by atoms with E-state index < -0.39 is 29.6 Å². The number of carbonyl (C=O) groups is 2. The van der Waals surface area contributed by atoms with Crippen LogP contribution in [0.4, 0.5) is 23.2 Å². The molecule has 0 atom stereocenters. The number of alkyl halides is 3. The predicted octanol–water partition coefficient (Wildman–Crippen LogP) is 3.85. The van der Waals surface area contributed by atoms with E-state index in [4.69, 9.17) is 0 Å². The minimum atomic E-state index is -4.98. The molecule has 1 amide bonds. The van der Waals surface area contributed by atoms with Gasteiger partial charge in [-0.3, -0.25) is 14.5 Å². The Morgan fingerprint density at radius 3 is 2.43 bits per heavy atom. The first-order valence-corrected chi connectivity index (χ1v) is 12.1. The van der Waals surface area contributed by atoms with Crippen molar-refractivity contribution in [1.82, 2.24) is 20.0 Å². The molecule has 1 N–H and O–H groups in total. The van der Waals surface area contributed by atoms with E-state index in [0.29, 0.717) is 28.7 Å². The summed E-state index contributed by atoms with van der Waals surface area (Å²) in [6.07, 6.45) is -5.14. The normalized spacial score (nSPS) is 14.9. The topological polar surface area (TPSA) is 87.7 Å². The zero-order valence-electron chi connectivity index (χ0n) is 19.7. The number of ether oxygens (including phenoxy) is 1. The zero-order chi connectivity index (χ0) is 26.6. The Balaban J connectivity index is 1.48. The number of halogens is 4. The van der Waals surface area contributed by atoms with Gasteiger partial charge in [0.1, 0.15) is 15.8 Å². The molecule has 4 rings (SSSR count). The summed E-state index contributed by atoms with van der Waals surface area (Å²) >= 11 is 1.14. The van der Waals surface area contributed by atoms with Gasteiger partial charge < -0.3 is 15.0 Å². The van der Waals surface area contributed by atoms with Crippen LogP contribution in [0.2, 0.25) is 0 Å². The van der Waals surface area contributed by atoms with Gasteiger partial charge >= 0.3 is 6.36 Å². The standard InChI is InChI=1S/C24H23F4N5O3S/c1-32-8-10-33(11-9-32)14-21(35)29-18-12-16(4-7-20(18)36-24(26,27)28)19(34)13-22-30-31-23(37-22)15-2-5-17(25)6-3-15/h2-7,12H,8-11,13-14H2,1H3,(H,29,35). The Labute approximate surface area is 213 Å². The summed E-state index contributed by atoms with van der Waals surface area (Å²) in [7, 11) is 1.96. The van der Waals surface area contributed by atoms with Crippen molar-refractivity contribution in [2.75, 3.05) is 45.1 Å². The molecule has 37 heavy (non-hydrogen) atoms. The third kappa shape index (κ3) is 7.54. The average molecular weight is 538 g/mol. The minimum absolute atomic E-state index is 0.00554. The lowest BCUT2D eigenvalue weighted by atomic mass is 10.1. The number of aromatic nitrogens is 2. The number of carbonyl (C=O) groups excluding carboxylic acids is 2. The summed E-state index contributed by atoms with van der Waals surface area (Å²) in [6.45, 7) is 2.84. The fraction of sp³-hybridized carbons (Fsp3) is 0.333. The molecule has 1 aliphatic rings. The number of nitrogens with zero attached hydrogens (tertiary/aromatic N) is 4. The van der Waals surface area contributed by atoms with Crippen LogP contribution in [0.5, 0.6) is 5.75 Å². The molecule has 0 radical (unpaired) electrons. The van der Waals surface area contributed by atoms with Gasteiger partial charge in [0.15, 0.2) is 11.5 Å². The van der Waals surface area contributed by atoms with Crippen LogP contribution in [0, 0.1) is 5.82 Å². The van der Waals surface area contributed by atoms with Crippen LogP contribution in [0.25, 0.3) is 10.6 Å². The Bertz CT molecular complexity index is 1260. The second-order valence-corrected chi connectivity index (χ2v) is 9.56. The summed E-state index contributed by atoms with van der Waals surface area (Å²) in [5, 5.41) is 11.3. The number of anilines is 1. The lowest BCUT2D eigenvalue weighted by Gasteiger charge is -2.31. The summed E-state index contributed by atoms with van der Waals surface area (Å²) in [5.41, 5.74) is 0.450. The molecule has 196 valence electrons. The van der Waals surface area contributed by atoms with Gasteiger partial charge in [-0.2, -0.15) is 0 Å². The molecule has 2 heterocycles. The van der Waals surface area contributed by atoms with Gasteiger partial charge in [-0.1, -0.05) is 11.3 Å². The van der Waals surface area contributed by atoms with Crippen molar-refractivity contribution in [2.24, 2.45) is 0 Å². The highest BCUT2D eigenvalue weighted by molar-refractivity contribution is 7.14. The number of hydrogen-bond acceptors (Lipinski definition) is 8. The fourth-order valence-corrected chi connectivity index (χ4v) is 4.53. The summed E-state index contributed by atoms with van der Waals surface area (Å²) in [5.74, 6) is -1.97. The number of benzene rings is 2. The van der Waals surface area contributed by atoms with Gasteiger partial charge in [0.05, 0.1) is 18.7 Å². The predicted molar refractivity (Wildman–Crippen MR) is 129 cm³/mol. The first-order chi connectivity index (χ1) is 17.6. The van der Waals surface area contributed by atoms with E-state index in [2.05, 4.69) is 25.2 Å². The van der Waals surface area contributed by atoms with Gasteiger partial charge in [-0.15, -0.1) is 23.4 Å². The second-order valence-electron chi connectivity index (χ2n) is 8.49. The van der Waals surface area contributed by atoms with Gasteiger partial charge in [0, 0.05) is 37.3 Å². The van der Waals surface area contributed by atoms with Gasteiger partial charge in [0.2, 0.25) is 5.91 Å². The number of piperazine rings is 1. The number of amides is 1. The van der Waals surface area contributed by atoms with Crippen LogP contribution in [-0.2, 0) is 11.2 Å². The molecule has 0 unspecified atom stereocenters. The smallest absolute Gasteiger partial charge is 0.404 e. The summed E-state index contributed by atoms with van der Waals surface area (Å²) < 4.78 is 56.0. The quantitative estimate of drug-likeness (QED) is 0.345. The second kappa shape index (κ2) is 11.3. The van der Waals surface area contributed by atoms with Gasteiger partial charge in [-0.05, 0) is 49.5 Å². The van der Waals surface area contributed by atoms with Crippen LogP contribution in [0.15, 0.2) is 42.5 Å². The van der Waals surface area contributed by atoms with Crippen molar-refractivity contribution < 1.29 is 31.9 Å². The number of ketones is 1. The molecule has 1 fully saturated rings. The third-order valence-corrected chi connectivity index (χ3v) is 6.61. The number of nitrogens with one attached hydrogen (secondary N) is 1. The van der Waals surface area contributed by atoms with E-state index in [1.54, 1.807) is 0 Å². The molecule has 0 aliphatic carbocycles. The van der Waals surface area contributed by atoms with E-state index >= 15 is 0 Å². The number of rotatable bonds is 8. The number of hydrogen-bond donors (Lipinski definition) is 1. The molecule has 0 bridgehead atoms. The van der Waals surface area contributed by atoms with Crippen molar-refractivity contribution in [2.45, 2.75) is 12.8 Å². The van der Waals surface area contributed by atoms with Crippen molar-refractivity contribution >= 4 is 28.7 Å². The maximum atomic E-state index is 13.2. The average Bonchev–Trinajstić information content (AvgIpc) is 3.29. The minimum Gasteiger partial charge on any atom is -0.404 e. The van der Waals surface area contributed by atoms with Crippen LogP contribution >= 0.6 is 11.3 Å². The molecule has 1 aliphatic heterocycles. The van der Waals surface area contributed by atoms with E-state index in [1.165, 1.54) is 30.3 Å². The number of Topliss-reactive ketones (excluding diaryl/α,β-unsaturated/α-hetero) is 1. The van der Waals surface area contributed by atoms with Gasteiger partial charge in [-0.25, -0.2) is 4.39 Å². The van der Waals surface area contributed by atoms with Crippen molar-refractivity contribution in [3.63, 3.8) is 0 Å². The third-order valence-electron chi connectivity index (χ3n) is 5.63. The first-order valence-electron chi connectivity index (χ1n) is 11.3. The maximum absolute atomic E-state index is 13.2. The largest absolute Gasteiger partial charge is 0.573 e. The highest BCUT2D eigenvalue weighted by Crippen LogP contribution is 2.32. The maximum Gasteiger partial charge on any atom is 0.573 e. The van der Waals surface area contributed by atoms with E-state index in [9.17, 15) is 27.2 Å². The Morgan fingerprint density at radius 2 is 1.76 bits per heavy atom. The van der Waals surface area contributed by atoms with E-state index in [0.717, 1.165) is 36.6 Å². The first kappa shape index (κ1) is 26.6. The Kier molecular flexibility index (Phi) is 8.15. The highest BCUT2D eigenvalue weighted by Gasteiger charge is 2.33. The Morgan fingerprint density at radius 1 is 1.05 bits per heavy atom. The van der Waals surface area contributed by atoms with Crippen molar-refractivity contribution in [3.8, 4) is 16.3 Å². The summed E-state index contributed by atoms with van der Waals surface area (Å²) in [6, 6.07) is 9.00. The van der Waals surface area contributed by atoms with Crippen LogP contribution in [0.1, 0.15) is 15.4 Å². The fourth-order valence-electron chi connectivity index (χ4n) is 3.69. The Hall–Kier alpha value is -3.42. The lowest BCUT2D eigenvalue weighted by molar-refractivity contribution is -0.274. The molecular weight excluding hydrogens is 514 g/mol. The molecule has 2 aromatic carbocycles. The van der Waals surface area contributed by atoms with Crippen LogP contribution < -0.4 is 10.1 Å². The van der Waals surface area contributed by atoms with Crippen LogP contribution in [-0.4, -0.2) is 77.8 Å². The molecule has 3 aromatic rings. The molecule has 0 spiro atoms. The number of likely N-dealkylation sites (N-methyl/N-ethyl adjacent to an activating group) is 1. The van der Waals surface area contributed by atoms with Gasteiger partial charge in [0.25, 0.3) is 0 Å². The van der Waals surface area contributed by atoms with E-state index in [1.807, 2.05) is 11.9 Å². The molecule has 13 heteroatoms. The lowest BCUT2D eigenvalue weighted by Crippen LogP contribution is -2.47. The van der Waals surface area contributed by atoms with Crippen molar-refractivity contribution in [1.29, 1.82) is 0 Å². The highest BCUT2D eigenvalue weighted by atomic mass is 32.1. The zero-order valence-corrected chi connectivity index (χ0v) is 20.5. The SMILES string of the molecule is CN1CCN(CC(=O)Nc2cc(C(=O)Cc3nnc(-c4ccc(F)cc4)s3)ccc2OC(F)(F)F)CC1. The molecule has 1 aromatic heterocycles. The monoisotopic (exact) mass is 537 g/mol. The molecule has 0 saturated carbocycles. The summed E-state index contributed by atoms with van der Waals surface area (Å²) in [4.78, 5) is 29.5. The molecular formula is C24H23F4N5O3S.